The van der Waals surface area contributed by atoms with Gasteiger partial charge in [-0.15, -0.1) is 0 Å². The van der Waals surface area contributed by atoms with Crippen molar-refractivity contribution >= 4 is 17.7 Å². The van der Waals surface area contributed by atoms with Gasteiger partial charge in [-0.1, -0.05) is 25.5 Å². The Labute approximate surface area is 124 Å². The molecule has 21 heavy (non-hydrogen) atoms. The van der Waals surface area contributed by atoms with Gasteiger partial charge in [0.25, 0.3) is 0 Å². The molecule has 0 aliphatic carbocycles. The number of aryl methyl sites for hydroxylation is 1. The molecule has 0 heterocycles. The van der Waals surface area contributed by atoms with Crippen molar-refractivity contribution < 1.29 is 19.8 Å². The summed E-state index contributed by atoms with van der Waals surface area (Å²) in [6, 6.07) is 5.75. The van der Waals surface area contributed by atoms with E-state index >= 15 is 0 Å². The molecule has 2 amide bonds. The Balaban J connectivity index is 2.52. The van der Waals surface area contributed by atoms with E-state index in [-0.39, 0.29) is 13.0 Å². The highest BCUT2D eigenvalue weighted by Crippen LogP contribution is 2.11. The van der Waals surface area contributed by atoms with Crippen molar-refractivity contribution in [3.63, 3.8) is 0 Å². The summed E-state index contributed by atoms with van der Waals surface area (Å²) < 4.78 is 0. The van der Waals surface area contributed by atoms with Gasteiger partial charge >= 0.3 is 12.0 Å². The first-order valence-electron chi connectivity index (χ1n) is 7.07. The number of aliphatic carboxylic acids is 1. The largest absolute Gasteiger partial charge is 0.480 e. The zero-order valence-corrected chi connectivity index (χ0v) is 12.1. The van der Waals surface area contributed by atoms with Crippen molar-refractivity contribution in [1.82, 2.24) is 5.32 Å². The number of carboxylic acids is 1. The van der Waals surface area contributed by atoms with Gasteiger partial charge < -0.3 is 20.8 Å². The number of anilines is 1. The van der Waals surface area contributed by atoms with Gasteiger partial charge in [0.05, 0.1) is 0 Å². The number of nitrogens with one attached hydrogen (secondary N) is 2. The minimum absolute atomic E-state index is 0.0291. The van der Waals surface area contributed by atoms with Crippen molar-refractivity contribution in [3.8, 4) is 0 Å². The smallest absolute Gasteiger partial charge is 0.326 e. The van der Waals surface area contributed by atoms with Gasteiger partial charge in [-0.3, -0.25) is 0 Å². The predicted octanol–water partition coefficient (Wildman–Crippen LogP) is 1.99. The van der Waals surface area contributed by atoms with Crippen LogP contribution >= 0.6 is 0 Å². The second-order valence-corrected chi connectivity index (χ2v) is 4.80. The summed E-state index contributed by atoms with van der Waals surface area (Å²) in [5.74, 6) is -1.17. The molecule has 0 radical (unpaired) electrons. The summed E-state index contributed by atoms with van der Waals surface area (Å²) in [7, 11) is 0. The first kappa shape index (κ1) is 17.0. The van der Waals surface area contributed by atoms with Gasteiger partial charge in [-0.05, 0) is 30.5 Å². The Bertz CT molecular complexity index is 459. The molecule has 0 aromatic heterocycles. The summed E-state index contributed by atoms with van der Waals surface area (Å²) in [6.45, 7) is 1.83. The van der Waals surface area contributed by atoms with Crippen LogP contribution in [0.3, 0.4) is 0 Å². The van der Waals surface area contributed by atoms with Crippen LogP contribution in [0.4, 0.5) is 10.5 Å². The lowest BCUT2D eigenvalue weighted by molar-refractivity contribution is -0.139. The SMILES string of the molecule is CCCCc1ccc(NC(=O)NC(CCO)C(=O)O)cc1. The van der Waals surface area contributed by atoms with Gasteiger partial charge in [0.2, 0.25) is 0 Å². The molecule has 1 unspecified atom stereocenters. The molecule has 6 heteroatoms. The van der Waals surface area contributed by atoms with Crippen molar-refractivity contribution in [2.75, 3.05) is 11.9 Å². The Morgan fingerprint density at radius 3 is 2.43 bits per heavy atom. The Morgan fingerprint density at radius 1 is 1.24 bits per heavy atom. The van der Waals surface area contributed by atoms with Gasteiger partial charge in [0.1, 0.15) is 6.04 Å². The van der Waals surface area contributed by atoms with E-state index in [0.717, 1.165) is 19.3 Å². The molecule has 0 fully saturated rings. The highest BCUT2D eigenvalue weighted by Gasteiger charge is 2.18. The standard InChI is InChI=1S/C15H22N2O4/c1-2-3-4-11-5-7-12(8-6-11)16-15(21)17-13(9-10-18)14(19)20/h5-8,13,18H,2-4,9-10H2,1H3,(H,19,20)(H2,16,17,21). The molecule has 1 aromatic rings. The Kier molecular flexibility index (Phi) is 7.25. The number of urea groups is 1. The van der Waals surface area contributed by atoms with Gasteiger partial charge in [-0.25, -0.2) is 9.59 Å². The Morgan fingerprint density at radius 2 is 1.90 bits per heavy atom. The van der Waals surface area contributed by atoms with Crippen molar-refractivity contribution in [3.05, 3.63) is 29.8 Å². The average molecular weight is 294 g/mol. The molecule has 0 saturated heterocycles. The minimum atomic E-state index is -1.17. The molecule has 1 aromatic carbocycles. The molecule has 116 valence electrons. The highest BCUT2D eigenvalue weighted by molar-refractivity contribution is 5.92. The molecule has 0 saturated carbocycles. The van der Waals surface area contributed by atoms with Crippen LogP contribution in [-0.4, -0.2) is 34.9 Å². The molecule has 1 rings (SSSR count). The number of hydrogen-bond acceptors (Lipinski definition) is 3. The van der Waals surface area contributed by atoms with Crippen molar-refractivity contribution in [2.45, 2.75) is 38.6 Å². The third kappa shape index (κ3) is 6.27. The lowest BCUT2D eigenvalue weighted by Gasteiger charge is -2.14. The van der Waals surface area contributed by atoms with Crippen molar-refractivity contribution in [1.29, 1.82) is 0 Å². The van der Waals surface area contributed by atoms with Crippen LogP contribution in [0.1, 0.15) is 31.7 Å². The first-order chi connectivity index (χ1) is 10.1. The number of aliphatic hydroxyl groups is 1. The minimum Gasteiger partial charge on any atom is -0.480 e. The van der Waals surface area contributed by atoms with Gasteiger partial charge in [0.15, 0.2) is 0 Å². The quantitative estimate of drug-likeness (QED) is 0.589. The van der Waals surface area contributed by atoms with Crippen LogP contribution in [0.2, 0.25) is 0 Å². The van der Waals surface area contributed by atoms with Crippen LogP contribution in [0.15, 0.2) is 24.3 Å². The fraction of sp³-hybridized carbons (Fsp3) is 0.467. The number of benzene rings is 1. The van der Waals surface area contributed by atoms with Crippen molar-refractivity contribution in [2.24, 2.45) is 0 Å². The monoisotopic (exact) mass is 294 g/mol. The number of unbranched alkanes of at least 4 members (excludes halogenated alkanes) is 1. The number of amides is 2. The maximum Gasteiger partial charge on any atom is 0.326 e. The van der Waals surface area contributed by atoms with Crippen LogP contribution in [0.5, 0.6) is 0 Å². The fourth-order valence-electron chi connectivity index (χ4n) is 1.85. The summed E-state index contributed by atoms with van der Waals surface area (Å²) in [5, 5.41) is 22.5. The number of rotatable bonds is 8. The van der Waals surface area contributed by atoms with Crippen LogP contribution in [-0.2, 0) is 11.2 Å². The molecule has 0 aliphatic rings. The second-order valence-electron chi connectivity index (χ2n) is 4.80. The highest BCUT2D eigenvalue weighted by atomic mass is 16.4. The number of carboxylic acid groups (broad SMARTS) is 1. The molecular weight excluding hydrogens is 272 g/mol. The number of aliphatic hydroxyl groups excluding tert-OH is 1. The van der Waals surface area contributed by atoms with E-state index in [0.29, 0.717) is 5.69 Å². The van der Waals surface area contributed by atoms with E-state index in [1.54, 1.807) is 12.1 Å². The van der Waals surface area contributed by atoms with Gasteiger partial charge in [-0.2, -0.15) is 0 Å². The molecular formula is C15H22N2O4. The number of carbonyl (C=O) groups excluding carboxylic acids is 1. The predicted molar refractivity (Wildman–Crippen MR) is 80.3 cm³/mol. The first-order valence-corrected chi connectivity index (χ1v) is 7.07. The topological polar surface area (TPSA) is 98.7 Å². The van der Waals surface area contributed by atoms with E-state index in [1.807, 2.05) is 12.1 Å². The van der Waals surface area contributed by atoms with E-state index < -0.39 is 18.0 Å². The maximum absolute atomic E-state index is 11.7. The third-order valence-electron chi connectivity index (χ3n) is 3.05. The normalized spacial score (nSPS) is 11.7. The van der Waals surface area contributed by atoms with E-state index in [1.165, 1.54) is 5.56 Å². The molecule has 0 spiro atoms. The summed E-state index contributed by atoms with van der Waals surface area (Å²) in [6.07, 6.45) is 3.22. The lowest BCUT2D eigenvalue weighted by atomic mass is 10.1. The molecule has 0 aliphatic heterocycles. The Hall–Kier alpha value is -2.08. The number of carbonyl (C=O) groups is 2. The molecule has 6 nitrogen and oxygen atoms in total. The summed E-state index contributed by atoms with van der Waals surface area (Å²) >= 11 is 0. The lowest BCUT2D eigenvalue weighted by Crippen LogP contribution is -2.43. The van der Waals surface area contributed by atoms with Crippen LogP contribution < -0.4 is 10.6 Å². The average Bonchev–Trinajstić information content (AvgIpc) is 2.46. The summed E-state index contributed by atoms with van der Waals surface area (Å²) in [5.41, 5.74) is 1.80. The zero-order chi connectivity index (χ0) is 15.7. The second kappa shape index (κ2) is 8.97. The van der Waals surface area contributed by atoms with E-state index in [2.05, 4.69) is 17.6 Å². The molecule has 4 N–H and O–H groups in total. The van der Waals surface area contributed by atoms with Crippen LogP contribution in [0, 0.1) is 0 Å². The van der Waals surface area contributed by atoms with E-state index in [9.17, 15) is 9.59 Å². The maximum atomic E-state index is 11.7. The van der Waals surface area contributed by atoms with Crippen LogP contribution in [0.25, 0.3) is 0 Å². The summed E-state index contributed by atoms with van der Waals surface area (Å²) in [4.78, 5) is 22.6. The fourth-order valence-corrected chi connectivity index (χ4v) is 1.85. The van der Waals surface area contributed by atoms with Gasteiger partial charge in [0, 0.05) is 18.7 Å². The number of hydrogen-bond donors (Lipinski definition) is 4. The molecule has 0 bridgehead atoms. The third-order valence-corrected chi connectivity index (χ3v) is 3.05. The van der Waals surface area contributed by atoms with E-state index in [4.69, 9.17) is 10.2 Å². The molecule has 1 atom stereocenters. The zero-order valence-electron chi connectivity index (χ0n) is 12.1.